The van der Waals surface area contributed by atoms with Gasteiger partial charge in [0.2, 0.25) is 5.91 Å². The molecule has 9 heteroatoms. The zero-order valence-electron chi connectivity index (χ0n) is 14.4. The van der Waals surface area contributed by atoms with Gasteiger partial charge in [-0.3, -0.25) is 14.4 Å². The van der Waals surface area contributed by atoms with Crippen molar-refractivity contribution in [1.29, 1.82) is 0 Å². The fraction of sp³-hybridized carbons (Fsp3) is 0.562. The van der Waals surface area contributed by atoms with Crippen LogP contribution in [-0.4, -0.2) is 71.7 Å². The third-order valence-electron chi connectivity index (χ3n) is 5.07. The van der Waals surface area contributed by atoms with Gasteiger partial charge in [0.25, 0.3) is 11.5 Å². The van der Waals surface area contributed by atoms with Crippen LogP contribution in [0.2, 0.25) is 0 Å². The van der Waals surface area contributed by atoms with Crippen molar-refractivity contribution in [1.82, 2.24) is 14.8 Å². The summed E-state index contributed by atoms with van der Waals surface area (Å²) in [6, 6.07) is 0.369. The molecule has 3 rings (SSSR count). The Morgan fingerprint density at radius 2 is 1.68 bits per heavy atom. The van der Waals surface area contributed by atoms with E-state index >= 15 is 0 Å². The molecular weight excluding hydrogens is 346 g/mol. The number of aryl methyl sites for hydroxylation is 2. The molecule has 2 amide bonds. The summed E-state index contributed by atoms with van der Waals surface area (Å²) in [4.78, 5) is 42.5. The van der Waals surface area contributed by atoms with E-state index in [-0.39, 0.29) is 36.1 Å². The van der Waals surface area contributed by atoms with Crippen LogP contribution in [0.4, 0.5) is 0 Å². The molecule has 136 valence electrons. The van der Waals surface area contributed by atoms with Gasteiger partial charge >= 0.3 is 0 Å². The first-order valence-corrected chi connectivity index (χ1v) is 9.92. The van der Waals surface area contributed by atoms with Crippen molar-refractivity contribution in [3.8, 4) is 0 Å². The number of aromatic nitrogens is 1. The Morgan fingerprint density at radius 1 is 1.12 bits per heavy atom. The summed E-state index contributed by atoms with van der Waals surface area (Å²) in [5, 5.41) is 0. The highest BCUT2D eigenvalue weighted by molar-refractivity contribution is 7.91. The third kappa shape index (κ3) is 3.08. The summed E-state index contributed by atoms with van der Waals surface area (Å²) in [6.45, 7) is 5.41. The maximum atomic E-state index is 12.9. The Bertz CT molecular complexity index is 905. The molecule has 0 unspecified atom stereocenters. The van der Waals surface area contributed by atoms with Crippen molar-refractivity contribution in [2.45, 2.75) is 32.9 Å². The van der Waals surface area contributed by atoms with Gasteiger partial charge in [-0.25, -0.2) is 8.42 Å². The average Bonchev–Trinajstić information content (AvgIpc) is 2.83. The van der Waals surface area contributed by atoms with E-state index in [0.717, 1.165) is 5.56 Å². The minimum absolute atomic E-state index is 0.00224. The lowest BCUT2D eigenvalue weighted by molar-refractivity contribution is -0.133. The summed E-state index contributed by atoms with van der Waals surface area (Å²) < 4.78 is 24.2. The number of H-pyrrole nitrogens is 1. The highest BCUT2D eigenvalue weighted by Crippen LogP contribution is 2.28. The molecule has 2 atom stereocenters. The highest BCUT2D eigenvalue weighted by Gasteiger charge is 2.49. The molecule has 0 radical (unpaired) electrons. The molecule has 0 saturated carbocycles. The first kappa shape index (κ1) is 17.7. The number of nitrogens with one attached hydrogen (secondary N) is 1. The molecule has 0 bridgehead atoms. The van der Waals surface area contributed by atoms with Crippen molar-refractivity contribution in [2.75, 3.05) is 24.6 Å². The van der Waals surface area contributed by atoms with E-state index in [1.807, 2.05) is 0 Å². The quantitative estimate of drug-likeness (QED) is 0.717. The lowest BCUT2D eigenvalue weighted by Gasteiger charge is -2.43. The van der Waals surface area contributed by atoms with Gasteiger partial charge in [-0.2, -0.15) is 0 Å². The van der Waals surface area contributed by atoms with Crippen LogP contribution in [0.15, 0.2) is 10.9 Å². The van der Waals surface area contributed by atoms with Crippen LogP contribution in [0.25, 0.3) is 0 Å². The Balaban J connectivity index is 1.98. The Morgan fingerprint density at radius 3 is 2.28 bits per heavy atom. The zero-order valence-corrected chi connectivity index (χ0v) is 15.2. The average molecular weight is 367 g/mol. The fourth-order valence-electron chi connectivity index (χ4n) is 3.64. The van der Waals surface area contributed by atoms with Gasteiger partial charge in [0.15, 0.2) is 9.84 Å². The van der Waals surface area contributed by atoms with Crippen LogP contribution >= 0.6 is 0 Å². The van der Waals surface area contributed by atoms with Gasteiger partial charge in [-0.15, -0.1) is 0 Å². The van der Waals surface area contributed by atoms with Crippen LogP contribution in [-0.2, 0) is 14.6 Å². The molecule has 25 heavy (non-hydrogen) atoms. The largest absolute Gasteiger partial charge is 0.335 e. The molecule has 2 aliphatic heterocycles. The molecule has 0 aromatic carbocycles. The molecule has 3 heterocycles. The number of hydrogen-bond acceptors (Lipinski definition) is 5. The minimum atomic E-state index is -3.34. The molecule has 1 aromatic rings. The summed E-state index contributed by atoms with van der Waals surface area (Å²) in [6.07, 6.45) is 0. The molecule has 2 aliphatic rings. The van der Waals surface area contributed by atoms with E-state index in [1.54, 1.807) is 13.8 Å². The van der Waals surface area contributed by atoms with E-state index in [4.69, 9.17) is 0 Å². The smallest absolute Gasteiger partial charge is 0.261 e. The Kier molecular flexibility index (Phi) is 4.22. The van der Waals surface area contributed by atoms with Crippen molar-refractivity contribution in [2.24, 2.45) is 0 Å². The summed E-state index contributed by atoms with van der Waals surface area (Å²) in [5.74, 6) is -1.02. The molecule has 8 nitrogen and oxygen atoms in total. The van der Waals surface area contributed by atoms with Gasteiger partial charge in [-0.05, 0) is 25.5 Å². The lowest BCUT2D eigenvalue weighted by Crippen LogP contribution is -2.62. The molecule has 2 saturated heterocycles. The molecule has 1 aromatic heterocycles. The van der Waals surface area contributed by atoms with Gasteiger partial charge in [-0.1, -0.05) is 0 Å². The van der Waals surface area contributed by atoms with E-state index < -0.39 is 33.4 Å². The van der Waals surface area contributed by atoms with Crippen LogP contribution in [0, 0.1) is 13.8 Å². The first-order valence-electron chi connectivity index (χ1n) is 8.10. The lowest BCUT2D eigenvalue weighted by atomic mass is 10.0. The number of fused-ring (bicyclic) bond motifs is 1. The molecule has 2 fully saturated rings. The van der Waals surface area contributed by atoms with E-state index in [9.17, 15) is 22.8 Å². The second-order valence-corrected chi connectivity index (χ2v) is 8.90. The van der Waals surface area contributed by atoms with Crippen molar-refractivity contribution in [3.05, 3.63) is 33.2 Å². The SMILES string of the molecule is CC(=O)N1CCN(C(=O)c2cc(C)c(C)[nH]c2=O)[C@@H]2CS(=O)(=O)C[C@@H]21. The number of carbonyl (C=O) groups is 2. The third-order valence-corrected chi connectivity index (χ3v) is 6.77. The zero-order chi connectivity index (χ0) is 18.5. The predicted octanol–water partition coefficient (Wildman–Crippen LogP) is -0.538. The standard InChI is InChI=1S/C16H21N3O5S/c1-9-6-12(15(21)17-10(9)2)16(22)19-5-4-18(11(3)20)13-7-25(23,24)8-14(13)19/h6,13-14H,4-5,7-8H2,1-3H3,(H,17,21)/t13-,14+/m0/s1. The predicted molar refractivity (Wildman–Crippen MR) is 91.2 cm³/mol. The number of piperazine rings is 1. The number of amides is 2. The van der Waals surface area contributed by atoms with Gasteiger partial charge in [0, 0.05) is 25.7 Å². The Labute approximate surface area is 145 Å². The van der Waals surface area contributed by atoms with Crippen molar-refractivity contribution in [3.63, 3.8) is 0 Å². The highest BCUT2D eigenvalue weighted by atomic mass is 32.2. The number of carbonyl (C=O) groups excluding carboxylic acids is 2. The number of rotatable bonds is 1. The summed E-state index contributed by atoms with van der Waals surface area (Å²) in [7, 11) is -3.34. The monoisotopic (exact) mass is 367 g/mol. The maximum Gasteiger partial charge on any atom is 0.261 e. The van der Waals surface area contributed by atoms with Crippen molar-refractivity contribution >= 4 is 21.7 Å². The van der Waals surface area contributed by atoms with Crippen molar-refractivity contribution < 1.29 is 18.0 Å². The second-order valence-electron chi connectivity index (χ2n) is 6.74. The van der Waals surface area contributed by atoms with Crippen LogP contribution in [0.5, 0.6) is 0 Å². The maximum absolute atomic E-state index is 12.9. The first-order chi connectivity index (χ1) is 11.6. The van der Waals surface area contributed by atoms with Crippen LogP contribution < -0.4 is 5.56 Å². The van der Waals surface area contributed by atoms with Crippen LogP contribution in [0.1, 0.15) is 28.5 Å². The fourth-order valence-corrected chi connectivity index (χ4v) is 5.62. The Hall–Kier alpha value is -2.16. The van der Waals surface area contributed by atoms with Gasteiger partial charge in [0.05, 0.1) is 23.6 Å². The van der Waals surface area contributed by atoms with Gasteiger partial charge in [0.1, 0.15) is 5.56 Å². The second kappa shape index (κ2) is 5.98. The topological polar surface area (TPSA) is 108 Å². The minimum Gasteiger partial charge on any atom is -0.335 e. The summed E-state index contributed by atoms with van der Waals surface area (Å²) in [5.41, 5.74) is 0.979. The number of hydrogen-bond donors (Lipinski definition) is 1. The van der Waals surface area contributed by atoms with E-state index in [1.165, 1.54) is 22.8 Å². The number of aromatic amines is 1. The summed E-state index contributed by atoms with van der Waals surface area (Å²) >= 11 is 0. The van der Waals surface area contributed by atoms with E-state index in [0.29, 0.717) is 5.69 Å². The van der Waals surface area contributed by atoms with E-state index in [2.05, 4.69) is 4.98 Å². The number of pyridine rings is 1. The molecule has 1 N–H and O–H groups in total. The number of nitrogens with zero attached hydrogens (tertiary/aromatic N) is 2. The molecule has 0 spiro atoms. The normalized spacial score (nSPS) is 24.9. The van der Waals surface area contributed by atoms with Gasteiger partial charge < -0.3 is 14.8 Å². The van der Waals surface area contributed by atoms with Crippen LogP contribution in [0.3, 0.4) is 0 Å². The number of sulfone groups is 1. The molecule has 0 aliphatic carbocycles. The molecular formula is C16H21N3O5S.